The van der Waals surface area contributed by atoms with E-state index in [9.17, 15) is 0 Å². The van der Waals surface area contributed by atoms with Crippen molar-refractivity contribution in [2.75, 3.05) is 297 Å². The molecule has 0 aromatic rings. The van der Waals surface area contributed by atoms with Gasteiger partial charge in [-0.2, -0.15) is 0 Å². The fourth-order valence-corrected chi connectivity index (χ4v) is 6.06. The third-order valence-corrected chi connectivity index (χ3v) is 10.4. The first-order chi connectivity index (χ1) is 39.2. The Balaban J connectivity index is 3.09. The lowest BCUT2D eigenvalue weighted by molar-refractivity contribution is -0.0312. The van der Waals surface area contributed by atoms with Gasteiger partial charge in [-0.1, -0.05) is 20.8 Å². The Kier molecular flexibility index (Phi) is 66.4. The minimum Gasteiger partial charge on any atom is -0.379 e. The highest BCUT2D eigenvalue weighted by Crippen LogP contribution is 2.17. The van der Waals surface area contributed by atoms with E-state index in [1.54, 1.807) is 0 Å². The second-order valence-electron chi connectivity index (χ2n) is 20.0. The number of unbranched alkanes of at least 4 members (excludes halogenated alkanes) is 2. The van der Waals surface area contributed by atoms with Gasteiger partial charge in [-0.3, -0.25) is 0 Å². The van der Waals surface area contributed by atoms with E-state index >= 15 is 0 Å². The van der Waals surface area contributed by atoms with E-state index in [0.29, 0.717) is 276 Å². The summed E-state index contributed by atoms with van der Waals surface area (Å²) in [6, 6.07) is 0. The molecule has 0 aliphatic carbocycles. The molecular weight excluding hydrogens is 1050 g/mol. The Morgan fingerprint density at radius 2 is 0.325 bits per heavy atom. The molecule has 0 bridgehead atoms. The van der Waals surface area contributed by atoms with E-state index in [1.165, 1.54) is 0 Å². The van der Waals surface area contributed by atoms with Crippen molar-refractivity contribution in [1.29, 1.82) is 0 Å². The first-order valence-corrected chi connectivity index (χ1v) is 29.7. The number of hydrogen-bond acceptors (Lipinski definition) is 23. The van der Waals surface area contributed by atoms with Crippen LogP contribution in [-0.2, 0) is 104 Å². The Labute approximate surface area is 483 Å². The molecule has 0 radical (unpaired) electrons. The maximum Gasteiger partial charge on any atom is 0.0701 e. The lowest BCUT2D eigenvalue weighted by atomic mass is 9.93. The Bertz CT molecular complexity index is 1050. The highest BCUT2D eigenvalue weighted by Gasteiger charge is 2.09. The molecule has 0 aliphatic heterocycles. The number of rotatable bonds is 71. The monoisotopic (exact) mass is 1170 g/mol. The van der Waals surface area contributed by atoms with Crippen LogP contribution in [0, 0.1) is 5.41 Å². The van der Waals surface area contributed by atoms with Gasteiger partial charge in [0, 0.05) is 31.9 Å². The molecule has 0 fully saturated rings. The predicted molar refractivity (Wildman–Crippen MR) is 304 cm³/mol. The molecular formula is C57H117NO22. The van der Waals surface area contributed by atoms with E-state index in [-0.39, 0.29) is 5.54 Å². The van der Waals surface area contributed by atoms with Crippen molar-refractivity contribution in [3.63, 3.8) is 0 Å². The van der Waals surface area contributed by atoms with E-state index < -0.39 is 0 Å². The molecule has 0 amide bonds. The molecule has 23 nitrogen and oxygen atoms in total. The Morgan fingerprint density at radius 1 is 0.175 bits per heavy atom. The largest absolute Gasteiger partial charge is 0.379 e. The van der Waals surface area contributed by atoms with Gasteiger partial charge in [-0.15, -0.1) is 0 Å². The lowest BCUT2D eigenvalue weighted by Gasteiger charge is -2.20. The van der Waals surface area contributed by atoms with Gasteiger partial charge in [0.1, 0.15) is 0 Å². The summed E-state index contributed by atoms with van der Waals surface area (Å²) >= 11 is 0. The van der Waals surface area contributed by atoms with E-state index in [0.717, 1.165) is 52.0 Å². The van der Waals surface area contributed by atoms with Crippen LogP contribution in [0.4, 0.5) is 0 Å². The lowest BCUT2D eigenvalue weighted by Crippen LogP contribution is -2.38. The summed E-state index contributed by atoms with van der Waals surface area (Å²) in [5.74, 6) is 0. The van der Waals surface area contributed by atoms with Crippen LogP contribution in [-0.4, -0.2) is 303 Å². The zero-order chi connectivity index (χ0) is 57.9. The summed E-state index contributed by atoms with van der Waals surface area (Å²) in [4.78, 5) is 0. The standard InChI is InChI=1S/C57H117NO22/c1-56(2,3)10-14-61-18-22-63-20-16-59-12-8-7-9-13-60-17-21-64-24-26-66-28-30-68-32-34-70-36-38-72-40-42-74-44-46-76-48-50-78-52-54-80-55-53-79-51-49-77-47-45-75-43-41-73-39-37-71-35-33-69-31-29-67-27-25-65-23-19-62-15-11-58-57(4,5)6/h58H,7-55H2,1-6H3. The molecule has 0 saturated heterocycles. The molecule has 482 valence electrons. The van der Waals surface area contributed by atoms with Crippen molar-refractivity contribution < 1.29 is 104 Å². The first kappa shape index (κ1) is 79.1. The minimum absolute atomic E-state index is 0.108. The molecule has 0 saturated carbocycles. The van der Waals surface area contributed by atoms with Crippen molar-refractivity contribution in [3.05, 3.63) is 0 Å². The third kappa shape index (κ3) is 77.1. The van der Waals surface area contributed by atoms with Crippen molar-refractivity contribution >= 4 is 0 Å². The summed E-state index contributed by atoms with van der Waals surface area (Å²) in [6.45, 7) is 37.7. The van der Waals surface area contributed by atoms with Gasteiger partial charge in [0.15, 0.2) is 0 Å². The molecule has 23 heteroatoms. The van der Waals surface area contributed by atoms with Gasteiger partial charge < -0.3 is 110 Å². The van der Waals surface area contributed by atoms with Crippen molar-refractivity contribution in [3.8, 4) is 0 Å². The summed E-state index contributed by atoms with van der Waals surface area (Å²) in [7, 11) is 0. The van der Waals surface area contributed by atoms with Gasteiger partial charge in [0.25, 0.3) is 0 Å². The zero-order valence-corrected chi connectivity index (χ0v) is 51.1. The Morgan fingerprint density at radius 3 is 0.487 bits per heavy atom. The fraction of sp³-hybridized carbons (Fsp3) is 1.00. The van der Waals surface area contributed by atoms with Crippen LogP contribution in [0.5, 0.6) is 0 Å². The van der Waals surface area contributed by atoms with Crippen molar-refractivity contribution in [1.82, 2.24) is 5.32 Å². The highest BCUT2D eigenvalue weighted by molar-refractivity contribution is 4.69. The smallest absolute Gasteiger partial charge is 0.0701 e. The molecule has 0 rings (SSSR count). The molecule has 0 aromatic heterocycles. The van der Waals surface area contributed by atoms with Crippen molar-refractivity contribution in [2.45, 2.75) is 72.8 Å². The molecule has 1 N–H and O–H groups in total. The van der Waals surface area contributed by atoms with Crippen molar-refractivity contribution in [2.24, 2.45) is 5.41 Å². The van der Waals surface area contributed by atoms with Gasteiger partial charge in [-0.05, 0) is 51.9 Å². The third-order valence-electron chi connectivity index (χ3n) is 10.4. The maximum absolute atomic E-state index is 5.64. The number of hydrogen-bond donors (Lipinski definition) is 1. The normalized spacial score (nSPS) is 12.2. The molecule has 0 heterocycles. The van der Waals surface area contributed by atoms with Gasteiger partial charge in [0.2, 0.25) is 0 Å². The second kappa shape index (κ2) is 67.2. The van der Waals surface area contributed by atoms with Gasteiger partial charge >= 0.3 is 0 Å². The quantitative estimate of drug-likeness (QED) is 0.0839. The summed E-state index contributed by atoms with van der Waals surface area (Å²) in [5, 5.41) is 3.38. The zero-order valence-electron chi connectivity index (χ0n) is 51.1. The average Bonchev–Trinajstić information content (AvgIpc) is 3.42. The van der Waals surface area contributed by atoms with Crippen LogP contribution in [0.15, 0.2) is 0 Å². The van der Waals surface area contributed by atoms with E-state index in [4.69, 9.17) is 104 Å². The van der Waals surface area contributed by atoms with Crippen LogP contribution in [0.2, 0.25) is 0 Å². The second-order valence-corrected chi connectivity index (χ2v) is 20.0. The Hall–Kier alpha value is -0.920. The number of nitrogens with one attached hydrogen (secondary N) is 1. The molecule has 0 aliphatic rings. The maximum atomic E-state index is 5.64. The first-order valence-electron chi connectivity index (χ1n) is 29.7. The summed E-state index contributed by atoms with van der Waals surface area (Å²) in [5.41, 5.74) is 0.415. The van der Waals surface area contributed by atoms with Gasteiger partial charge in [0.05, 0.1) is 271 Å². The minimum atomic E-state index is 0.108. The molecule has 80 heavy (non-hydrogen) atoms. The molecule has 0 atom stereocenters. The molecule has 0 aromatic carbocycles. The summed E-state index contributed by atoms with van der Waals surface area (Å²) in [6.07, 6.45) is 4.16. The average molecular weight is 1170 g/mol. The van der Waals surface area contributed by atoms with Crippen LogP contribution < -0.4 is 5.32 Å². The molecule has 0 spiro atoms. The fourth-order valence-electron chi connectivity index (χ4n) is 6.06. The van der Waals surface area contributed by atoms with E-state index in [1.807, 2.05) is 0 Å². The highest BCUT2D eigenvalue weighted by atomic mass is 16.6. The van der Waals surface area contributed by atoms with Crippen LogP contribution in [0.1, 0.15) is 67.2 Å². The van der Waals surface area contributed by atoms with E-state index in [2.05, 4.69) is 46.9 Å². The number of ether oxygens (including phenoxy) is 22. The molecule has 0 unspecified atom stereocenters. The van der Waals surface area contributed by atoms with Crippen LogP contribution >= 0.6 is 0 Å². The SMILES string of the molecule is CC(C)(C)CCOCCOCCOCCCCCOCCOCCOCCOCCOCCOCCOCCOCCOCCOCCOCCOCCOCCOCCOCCOCCOCCOCCOCCNC(C)(C)C. The summed E-state index contributed by atoms with van der Waals surface area (Å²) < 4.78 is 122. The van der Waals surface area contributed by atoms with Crippen LogP contribution in [0.3, 0.4) is 0 Å². The predicted octanol–water partition coefficient (Wildman–Crippen LogP) is 4.35. The van der Waals surface area contributed by atoms with Gasteiger partial charge in [-0.25, -0.2) is 0 Å². The van der Waals surface area contributed by atoms with Crippen LogP contribution in [0.25, 0.3) is 0 Å². The topological polar surface area (TPSA) is 215 Å².